The van der Waals surface area contributed by atoms with E-state index in [1.807, 2.05) is 11.8 Å². The monoisotopic (exact) mass is 477 g/mol. The van der Waals surface area contributed by atoms with Crippen LogP contribution in [-0.2, 0) is 34.7 Å². The van der Waals surface area contributed by atoms with E-state index in [1.165, 1.54) is 21.5 Å². The van der Waals surface area contributed by atoms with Gasteiger partial charge in [0, 0.05) is 33.2 Å². The Hall–Kier alpha value is -2.84. The van der Waals surface area contributed by atoms with Gasteiger partial charge in [-0.2, -0.15) is 0 Å². The fourth-order valence-electron chi connectivity index (χ4n) is 5.57. The first-order chi connectivity index (χ1) is 16.2. The van der Waals surface area contributed by atoms with Crippen LogP contribution in [0.1, 0.15) is 55.0 Å². The van der Waals surface area contributed by atoms with E-state index in [4.69, 9.17) is 9.72 Å². The molecule has 0 saturated heterocycles. The fraction of sp³-hybridized carbons (Fsp3) is 0.423. The number of cyclic esters (lactones) is 1. The highest BCUT2D eigenvalue weighted by Crippen LogP contribution is 2.47. The third kappa shape index (κ3) is 2.78. The number of carbonyl (C=O) groups excluding carboxylic acids is 1. The van der Waals surface area contributed by atoms with E-state index in [0.717, 1.165) is 34.5 Å². The molecule has 34 heavy (non-hydrogen) atoms. The van der Waals surface area contributed by atoms with E-state index in [1.54, 1.807) is 17.6 Å². The van der Waals surface area contributed by atoms with Gasteiger partial charge in [0.25, 0.3) is 5.56 Å². The number of thioether (sulfide) groups is 1. The molecule has 6 rings (SSSR count). The quantitative estimate of drug-likeness (QED) is 0.433. The summed E-state index contributed by atoms with van der Waals surface area (Å²) in [5, 5.41) is 15.9. The molecule has 3 aromatic rings. The zero-order chi connectivity index (χ0) is 23.9. The number of nitrogens with zero attached hydrogens (tertiary/aromatic N) is 2. The summed E-state index contributed by atoms with van der Waals surface area (Å²) in [5.41, 5.74) is 5.69. The Morgan fingerprint density at radius 1 is 1.26 bits per heavy atom. The van der Waals surface area contributed by atoms with E-state index in [-0.39, 0.29) is 18.6 Å². The zero-order valence-corrected chi connectivity index (χ0v) is 20.6. The van der Waals surface area contributed by atoms with Crippen LogP contribution in [0.15, 0.2) is 21.8 Å². The number of aromatic nitrogens is 2. The summed E-state index contributed by atoms with van der Waals surface area (Å²) in [6.45, 7) is 8.43. The van der Waals surface area contributed by atoms with Crippen LogP contribution < -0.4 is 10.9 Å². The SMILES string of the molecule is CC[C@@]1(O)C(=O)OCc2c1cc1n(c2=O)Cc2c-1nc1cc(C)c(NC(C)C)c3c1c2CCS3. The van der Waals surface area contributed by atoms with Crippen LogP contribution >= 0.6 is 11.8 Å². The number of carbonyl (C=O) groups is 1. The number of hydrogen-bond donors (Lipinski definition) is 2. The van der Waals surface area contributed by atoms with E-state index >= 15 is 0 Å². The standard InChI is InChI=1S/C26H27N3O4S/c1-5-26(32)17-9-19-22-15(10-29(19)24(30)16(17)11-33-25(26)31)14-6-7-34-23-20(14)18(28-22)8-13(4)21(23)27-12(2)3/h8-9,12,27,32H,5-7,10-11H2,1-4H3/t26-/m0/s1. The van der Waals surface area contributed by atoms with Gasteiger partial charge >= 0.3 is 5.97 Å². The van der Waals surface area contributed by atoms with Crippen molar-refractivity contribution >= 4 is 34.3 Å². The smallest absolute Gasteiger partial charge is 0.343 e. The summed E-state index contributed by atoms with van der Waals surface area (Å²) < 4.78 is 6.92. The van der Waals surface area contributed by atoms with E-state index in [9.17, 15) is 14.7 Å². The van der Waals surface area contributed by atoms with Crippen molar-refractivity contribution in [3.63, 3.8) is 0 Å². The molecule has 2 aromatic heterocycles. The molecule has 0 radical (unpaired) electrons. The van der Waals surface area contributed by atoms with E-state index in [0.29, 0.717) is 29.4 Å². The summed E-state index contributed by atoms with van der Waals surface area (Å²) in [6, 6.07) is 4.23. The lowest BCUT2D eigenvalue weighted by atomic mass is 9.86. The van der Waals surface area contributed by atoms with Crippen molar-refractivity contribution in [2.75, 3.05) is 11.1 Å². The van der Waals surface area contributed by atoms with E-state index < -0.39 is 11.6 Å². The number of aryl methyl sites for hydroxylation is 2. The minimum absolute atomic E-state index is 0.113. The molecule has 3 aliphatic heterocycles. The Balaban J connectivity index is 1.63. The van der Waals surface area contributed by atoms with Crippen LogP contribution in [0.4, 0.5) is 5.69 Å². The molecule has 1 aromatic carbocycles. The number of ether oxygens (including phenoxy) is 1. The van der Waals surface area contributed by atoms with Crippen molar-refractivity contribution in [2.45, 2.75) is 70.2 Å². The van der Waals surface area contributed by atoms with Gasteiger partial charge in [0.05, 0.1) is 34.7 Å². The predicted octanol–water partition coefficient (Wildman–Crippen LogP) is 3.86. The van der Waals surface area contributed by atoms with Crippen LogP contribution in [0.5, 0.6) is 0 Å². The molecule has 5 heterocycles. The number of benzene rings is 1. The normalized spacial score (nSPS) is 20.2. The maximum Gasteiger partial charge on any atom is 0.343 e. The number of hydrogen-bond acceptors (Lipinski definition) is 7. The van der Waals surface area contributed by atoms with Crippen LogP contribution in [0.3, 0.4) is 0 Å². The summed E-state index contributed by atoms with van der Waals surface area (Å²) in [6.07, 6.45) is 1.04. The Morgan fingerprint density at radius 3 is 2.79 bits per heavy atom. The zero-order valence-electron chi connectivity index (χ0n) is 19.7. The average molecular weight is 478 g/mol. The molecule has 0 fully saturated rings. The van der Waals surface area contributed by atoms with Crippen molar-refractivity contribution in [3.8, 4) is 11.4 Å². The molecule has 0 aliphatic carbocycles. The number of fused-ring (bicyclic) bond motifs is 5. The number of aliphatic hydroxyl groups is 1. The first kappa shape index (κ1) is 21.7. The van der Waals surface area contributed by atoms with Gasteiger partial charge in [-0.15, -0.1) is 11.8 Å². The third-order valence-electron chi connectivity index (χ3n) is 7.28. The van der Waals surface area contributed by atoms with Crippen molar-refractivity contribution in [1.29, 1.82) is 0 Å². The first-order valence-corrected chi connectivity index (χ1v) is 12.8. The highest BCUT2D eigenvalue weighted by Gasteiger charge is 2.45. The fourth-order valence-corrected chi connectivity index (χ4v) is 6.81. The van der Waals surface area contributed by atoms with Gasteiger partial charge in [-0.25, -0.2) is 9.78 Å². The number of pyridine rings is 2. The molecule has 0 bridgehead atoms. The van der Waals surface area contributed by atoms with Crippen molar-refractivity contribution in [3.05, 3.63) is 50.3 Å². The third-order valence-corrected chi connectivity index (χ3v) is 8.38. The minimum atomic E-state index is -1.81. The van der Waals surface area contributed by atoms with Gasteiger partial charge in [-0.1, -0.05) is 6.92 Å². The highest BCUT2D eigenvalue weighted by molar-refractivity contribution is 7.99. The van der Waals surface area contributed by atoms with Crippen molar-refractivity contribution in [2.24, 2.45) is 0 Å². The summed E-state index contributed by atoms with van der Waals surface area (Å²) >= 11 is 1.86. The molecule has 8 heteroatoms. The largest absolute Gasteiger partial charge is 0.458 e. The molecule has 176 valence electrons. The number of rotatable bonds is 3. The van der Waals surface area contributed by atoms with Gasteiger partial charge in [-0.3, -0.25) is 4.79 Å². The van der Waals surface area contributed by atoms with Gasteiger partial charge in [-0.05, 0) is 56.9 Å². The van der Waals surface area contributed by atoms with Crippen molar-refractivity contribution in [1.82, 2.24) is 9.55 Å². The number of anilines is 1. The van der Waals surface area contributed by atoms with Crippen LogP contribution in [0.2, 0.25) is 0 Å². The average Bonchev–Trinajstić information content (AvgIpc) is 3.18. The summed E-state index contributed by atoms with van der Waals surface area (Å²) in [4.78, 5) is 32.2. The lowest BCUT2D eigenvalue weighted by Crippen LogP contribution is -2.44. The molecule has 0 amide bonds. The molecule has 7 nitrogen and oxygen atoms in total. The molecular weight excluding hydrogens is 450 g/mol. The Morgan fingerprint density at radius 2 is 2.06 bits per heavy atom. The lowest BCUT2D eigenvalue weighted by molar-refractivity contribution is -0.172. The van der Waals surface area contributed by atoms with Gasteiger partial charge < -0.3 is 19.7 Å². The molecule has 0 saturated carbocycles. The van der Waals surface area contributed by atoms with Gasteiger partial charge in [0.15, 0.2) is 5.60 Å². The molecule has 0 spiro atoms. The Labute approximate surface area is 201 Å². The maximum atomic E-state index is 13.5. The highest BCUT2D eigenvalue weighted by atomic mass is 32.2. The molecule has 1 atom stereocenters. The Bertz CT molecular complexity index is 1480. The second-order valence-electron chi connectivity index (χ2n) is 9.71. The minimum Gasteiger partial charge on any atom is -0.458 e. The maximum absolute atomic E-state index is 13.5. The van der Waals surface area contributed by atoms with Crippen LogP contribution in [-0.4, -0.2) is 32.4 Å². The second kappa shape index (κ2) is 7.33. The second-order valence-corrected chi connectivity index (χ2v) is 10.8. The van der Waals surface area contributed by atoms with Gasteiger partial charge in [0.1, 0.15) is 6.61 Å². The topological polar surface area (TPSA) is 93.5 Å². The lowest BCUT2D eigenvalue weighted by Gasteiger charge is -2.31. The molecule has 3 aliphatic rings. The predicted molar refractivity (Wildman–Crippen MR) is 132 cm³/mol. The molecule has 2 N–H and O–H groups in total. The number of nitrogens with one attached hydrogen (secondary N) is 1. The first-order valence-electron chi connectivity index (χ1n) is 11.8. The van der Waals surface area contributed by atoms with Crippen molar-refractivity contribution < 1.29 is 14.6 Å². The summed E-state index contributed by atoms with van der Waals surface area (Å²) in [7, 11) is 0. The van der Waals surface area contributed by atoms with E-state index in [2.05, 4.69) is 32.2 Å². The van der Waals surface area contributed by atoms with Gasteiger partial charge in [0.2, 0.25) is 0 Å². The Kier molecular flexibility index (Phi) is 4.67. The molecule has 0 unspecified atom stereocenters. The number of esters is 1. The summed E-state index contributed by atoms with van der Waals surface area (Å²) in [5.74, 6) is 0.267. The van der Waals surface area contributed by atoms with Crippen LogP contribution in [0.25, 0.3) is 22.3 Å². The molecular formula is C26H27N3O4S. The van der Waals surface area contributed by atoms with Crippen LogP contribution in [0, 0.1) is 6.92 Å².